The molecule has 0 aromatic heterocycles. The van der Waals surface area contributed by atoms with Crippen molar-refractivity contribution in [2.24, 2.45) is 5.73 Å². The molecule has 14 heavy (non-hydrogen) atoms. The lowest BCUT2D eigenvalue weighted by molar-refractivity contribution is 0.599. The third-order valence-corrected chi connectivity index (χ3v) is 2.48. The summed E-state index contributed by atoms with van der Waals surface area (Å²) < 4.78 is 26.2. The van der Waals surface area contributed by atoms with E-state index in [0.717, 1.165) is 6.07 Å². The molecule has 76 valence electrons. The van der Waals surface area contributed by atoms with Gasteiger partial charge in [0, 0.05) is 0 Å². The average molecular weight is 302 g/mol. The van der Waals surface area contributed by atoms with Gasteiger partial charge in [-0.15, -0.1) is 0 Å². The van der Waals surface area contributed by atoms with Gasteiger partial charge >= 0.3 is 0 Å². The highest BCUT2D eigenvalue weighted by Gasteiger charge is 2.15. The first kappa shape index (κ1) is 11.6. The van der Waals surface area contributed by atoms with Crippen LogP contribution in [0.3, 0.4) is 0 Å². The van der Waals surface area contributed by atoms with Gasteiger partial charge in [0.2, 0.25) is 0 Å². The zero-order chi connectivity index (χ0) is 10.9. The van der Waals surface area contributed by atoms with Gasteiger partial charge in [0.1, 0.15) is 5.82 Å². The number of thiocarbonyl (C=S) groups is 1. The summed E-state index contributed by atoms with van der Waals surface area (Å²) in [4.78, 5) is 0. The highest BCUT2D eigenvalue weighted by Crippen LogP contribution is 2.33. The van der Waals surface area contributed by atoms with Crippen molar-refractivity contribution >= 4 is 50.5 Å². The van der Waals surface area contributed by atoms with E-state index in [1.807, 2.05) is 0 Å². The van der Waals surface area contributed by atoms with Crippen LogP contribution < -0.4 is 11.1 Å². The lowest BCUT2D eigenvalue weighted by Crippen LogP contribution is -2.20. The van der Waals surface area contributed by atoms with E-state index in [2.05, 4.69) is 33.5 Å². The maximum absolute atomic E-state index is 13.2. The first-order valence-electron chi connectivity index (χ1n) is 3.33. The SMILES string of the molecule is NC(=S)Nc1c(F)cc(Cl)c(F)c1Br. The molecule has 0 radical (unpaired) electrons. The minimum Gasteiger partial charge on any atom is -0.376 e. The Bertz CT molecular complexity index is 400. The van der Waals surface area contributed by atoms with Crippen molar-refractivity contribution in [1.29, 1.82) is 0 Å². The molecular formula is C7H4BrClF2N2S. The van der Waals surface area contributed by atoms with Gasteiger partial charge in [0.15, 0.2) is 10.9 Å². The number of rotatable bonds is 1. The molecule has 0 unspecified atom stereocenters. The second-order valence-corrected chi connectivity index (χ2v) is 3.97. The van der Waals surface area contributed by atoms with E-state index in [4.69, 9.17) is 17.3 Å². The molecule has 0 aliphatic carbocycles. The topological polar surface area (TPSA) is 38.0 Å². The molecule has 2 nitrogen and oxygen atoms in total. The number of halogens is 4. The van der Waals surface area contributed by atoms with Crippen LogP contribution in [0.25, 0.3) is 0 Å². The van der Waals surface area contributed by atoms with Gasteiger partial charge in [0.25, 0.3) is 0 Å². The summed E-state index contributed by atoms with van der Waals surface area (Å²) in [5.41, 5.74) is 4.96. The summed E-state index contributed by atoms with van der Waals surface area (Å²) in [6, 6.07) is 0.836. The van der Waals surface area contributed by atoms with Gasteiger partial charge in [-0.05, 0) is 34.2 Å². The second-order valence-electron chi connectivity index (χ2n) is 2.33. The lowest BCUT2D eigenvalue weighted by Gasteiger charge is -2.09. The Kier molecular flexibility index (Phi) is 3.63. The molecule has 3 N–H and O–H groups in total. The smallest absolute Gasteiger partial charge is 0.168 e. The Morgan fingerprint density at radius 3 is 2.64 bits per heavy atom. The fourth-order valence-electron chi connectivity index (χ4n) is 0.804. The minimum atomic E-state index is -0.771. The molecule has 0 saturated carbocycles. The lowest BCUT2D eigenvalue weighted by atomic mass is 10.3. The predicted molar refractivity (Wildman–Crippen MR) is 59.5 cm³/mol. The summed E-state index contributed by atoms with van der Waals surface area (Å²) in [6.07, 6.45) is 0. The van der Waals surface area contributed by atoms with Crippen LogP contribution >= 0.6 is 39.7 Å². The normalized spacial score (nSPS) is 10.0. The Labute approximate surface area is 97.5 Å². The van der Waals surface area contributed by atoms with Crippen molar-refractivity contribution in [2.75, 3.05) is 5.32 Å². The Hall–Kier alpha value is -0.460. The largest absolute Gasteiger partial charge is 0.376 e. The first-order valence-corrected chi connectivity index (χ1v) is 4.91. The van der Waals surface area contributed by atoms with Crippen LogP contribution in [0, 0.1) is 11.6 Å². The summed E-state index contributed by atoms with van der Waals surface area (Å²) >= 11 is 12.7. The molecule has 0 heterocycles. The molecule has 1 aromatic carbocycles. The highest BCUT2D eigenvalue weighted by molar-refractivity contribution is 9.10. The first-order chi connectivity index (χ1) is 6.43. The van der Waals surface area contributed by atoms with Crippen molar-refractivity contribution in [2.45, 2.75) is 0 Å². The van der Waals surface area contributed by atoms with Gasteiger partial charge in [-0.1, -0.05) is 11.6 Å². The number of hydrogen-bond donors (Lipinski definition) is 2. The molecule has 0 bridgehead atoms. The minimum absolute atomic E-state index is 0.143. The van der Waals surface area contributed by atoms with E-state index in [0.29, 0.717) is 0 Å². The number of anilines is 1. The molecule has 7 heteroatoms. The third kappa shape index (κ3) is 2.31. The summed E-state index contributed by atoms with van der Waals surface area (Å²) in [5.74, 6) is -1.51. The van der Waals surface area contributed by atoms with E-state index in [9.17, 15) is 8.78 Å². The Morgan fingerprint density at radius 2 is 2.14 bits per heavy atom. The van der Waals surface area contributed by atoms with Gasteiger partial charge in [-0.3, -0.25) is 0 Å². The van der Waals surface area contributed by atoms with Crippen LogP contribution in [0.15, 0.2) is 10.5 Å². The molecule has 0 fully saturated rings. The molecule has 0 aliphatic heterocycles. The molecule has 1 rings (SSSR count). The van der Waals surface area contributed by atoms with Gasteiger partial charge in [-0.2, -0.15) is 0 Å². The van der Waals surface area contributed by atoms with Crippen molar-refractivity contribution < 1.29 is 8.78 Å². The van der Waals surface area contributed by atoms with Crippen LogP contribution in [0.1, 0.15) is 0 Å². The molecular weight excluding hydrogens is 298 g/mol. The van der Waals surface area contributed by atoms with E-state index in [1.165, 1.54) is 0 Å². The second kappa shape index (κ2) is 4.37. The summed E-state index contributed by atoms with van der Waals surface area (Å²) in [6.45, 7) is 0. The summed E-state index contributed by atoms with van der Waals surface area (Å²) in [7, 11) is 0. The Morgan fingerprint density at radius 1 is 1.57 bits per heavy atom. The van der Waals surface area contributed by atoms with E-state index >= 15 is 0 Å². The number of nitrogens with one attached hydrogen (secondary N) is 1. The van der Waals surface area contributed by atoms with Gasteiger partial charge in [0.05, 0.1) is 15.2 Å². The summed E-state index contributed by atoms with van der Waals surface area (Å²) in [5, 5.41) is 1.82. The fourth-order valence-corrected chi connectivity index (χ4v) is 1.71. The molecule has 0 amide bonds. The zero-order valence-electron chi connectivity index (χ0n) is 6.57. The van der Waals surface area contributed by atoms with Gasteiger partial charge < -0.3 is 11.1 Å². The molecule has 0 saturated heterocycles. The molecule has 0 spiro atoms. The number of nitrogens with two attached hydrogens (primary N) is 1. The fraction of sp³-hybridized carbons (Fsp3) is 0. The van der Waals surface area contributed by atoms with Crippen LogP contribution in [0.2, 0.25) is 5.02 Å². The third-order valence-electron chi connectivity index (χ3n) is 1.36. The molecule has 0 aliphatic rings. The van der Waals surface area contributed by atoms with Crippen molar-refractivity contribution in [3.05, 3.63) is 27.2 Å². The van der Waals surface area contributed by atoms with Crippen LogP contribution in [0.5, 0.6) is 0 Å². The Balaban J connectivity index is 3.29. The maximum Gasteiger partial charge on any atom is 0.168 e. The molecule has 1 aromatic rings. The number of hydrogen-bond acceptors (Lipinski definition) is 1. The van der Waals surface area contributed by atoms with Gasteiger partial charge in [-0.25, -0.2) is 8.78 Å². The van der Waals surface area contributed by atoms with E-state index in [-0.39, 0.29) is 20.3 Å². The predicted octanol–water partition coefficient (Wildman–Crippen LogP) is 3.04. The molecule has 0 atom stereocenters. The average Bonchev–Trinajstić information content (AvgIpc) is 2.09. The van der Waals surface area contributed by atoms with Crippen LogP contribution in [0.4, 0.5) is 14.5 Å². The monoisotopic (exact) mass is 300 g/mol. The van der Waals surface area contributed by atoms with Crippen LogP contribution in [-0.4, -0.2) is 5.11 Å². The maximum atomic E-state index is 13.2. The standard InChI is InChI=1S/C7H4BrClF2N2S/c8-4-5(11)2(9)1-3(10)6(4)13-7(12)14/h1H,(H3,12,13,14). The zero-order valence-corrected chi connectivity index (χ0v) is 9.73. The highest BCUT2D eigenvalue weighted by atomic mass is 79.9. The quantitative estimate of drug-likeness (QED) is 0.476. The van der Waals surface area contributed by atoms with Crippen molar-refractivity contribution in [3.8, 4) is 0 Å². The van der Waals surface area contributed by atoms with Crippen molar-refractivity contribution in [1.82, 2.24) is 0 Å². The van der Waals surface area contributed by atoms with E-state index < -0.39 is 11.6 Å². The van der Waals surface area contributed by atoms with E-state index in [1.54, 1.807) is 0 Å². The van der Waals surface area contributed by atoms with Crippen molar-refractivity contribution in [3.63, 3.8) is 0 Å². The number of benzene rings is 1. The van der Waals surface area contributed by atoms with Crippen LogP contribution in [-0.2, 0) is 0 Å².